The number of hydrogen-bond acceptors (Lipinski definition) is 6. The Morgan fingerprint density at radius 3 is 2.65 bits per heavy atom. The molecule has 156 valence electrons. The highest BCUT2D eigenvalue weighted by atomic mass is 16.7. The Bertz CT molecular complexity index is 1400. The highest BCUT2D eigenvalue weighted by Crippen LogP contribution is 2.34. The number of nitrogens with zero attached hydrogens (tertiary/aromatic N) is 2. The largest absolute Gasteiger partial charge is 0.467 e. The molecule has 2 aromatic heterocycles. The van der Waals surface area contributed by atoms with Crippen molar-refractivity contribution in [1.29, 1.82) is 0 Å². The van der Waals surface area contributed by atoms with Gasteiger partial charge in [0.15, 0.2) is 11.5 Å². The standard InChI is InChI=1S/C22H17N3O6/c26-20(23-14-7-8-18-19(10-14)31-13-30-18)12-24-17-6-2-1-5-16(17)21(27)25(22(24)28)11-15-4-3-9-29-15/h1-10H,11-13H2,(H,23,26). The van der Waals surface area contributed by atoms with E-state index in [1.165, 1.54) is 10.8 Å². The predicted molar refractivity (Wildman–Crippen MR) is 111 cm³/mol. The molecule has 3 heterocycles. The summed E-state index contributed by atoms with van der Waals surface area (Å²) in [5, 5.41) is 3.09. The summed E-state index contributed by atoms with van der Waals surface area (Å²) in [4.78, 5) is 38.8. The van der Waals surface area contributed by atoms with Gasteiger partial charge in [-0.2, -0.15) is 0 Å². The van der Waals surface area contributed by atoms with Crippen LogP contribution in [-0.2, 0) is 17.9 Å². The summed E-state index contributed by atoms with van der Waals surface area (Å²) in [6.45, 7) is -0.170. The maximum atomic E-state index is 13.1. The minimum Gasteiger partial charge on any atom is -0.467 e. The third kappa shape index (κ3) is 3.46. The zero-order valence-electron chi connectivity index (χ0n) is 16.2. The van der Waals surface area contributed by atoms with Crippen molar-refractivity contribution in [1.82, 2.24) is 9.13 Å². The normalized spacial score (nSPS) is 12.3. The van der Waals surface area contributed by atoms with Gasteiger partial charge in [0.05, 0.1) is 23.7 Å². The van der Waals surface area contributed by atoms with E-state index in [1.807, 2.05) is 0 Å². The number of hydrogen-bond donors (Lipinski definition) is 1. The Morgan fingerprint density at radius 2 is 1.81 bits per heavy atom. The first-order valence-corrected chi connectivity index (χ1v) is 9.54. The molecule has 0 bridgehead atoms. The molecule has 5 rings (SSSR count). The lowest BCUT2D eigenvalue weighted by Gasteiger charge is -2.14. The Balaban J connectivity index is 1.50. The Kier molecular flexibility index (Phi) is 4.55. The molecule has 4 aromatic rings. The van der Waals surface area contributed by atoms with Crippen molar-refractivity contribution in [2.75, 3.05) is 12.1 Å². The number of aromatic nitrogens is 2. The van der Waals surface area contributed by atoms with Crippen LogP contribution in [0.15, 0.2) is 74.9 Å². The van der Waals surface area contributed by atoms with Crippen LogP contribution in [0.3, 0.4) is 0 Å². The first-order valence-electron chi connectivity index (χ1n) is 9.54. The summed E-state index contributed by atoms with van der Waals surface area (Å²) in [5.74, 6) is 1.18. The second-order valence-electron chi connectivity index (χ2n) is 6.97. The lowest BCUT2D eigenvalue weighted by molar-refractivity contribution is -0.116. The molecule has 0 fully saturated rings. The van der Waals surface area contributed by atoms with Crippen molar-refractivity contribution >= 4 is 22.5 Å². The fraction of sp³-hybridized carbons (Fsp3) is 0.136. The molecule has 0 saturated heterocycles. The van der Waals surface area contributed by atoms with Crippen LogP contribution >= 0.6 is 0 Å². The molecule has 1 aliphatic rings. The zero-order valence-corrected chi connectivity index (χ0v) is 16.2. The number of rotatable bonds is 5. The molecule has 0 saturated carbocycles. The highest BCUT2D eigenvalue weighted by molar-refractivity contribution is 5.92. The number of benzene rings is 2. The Morgan fingerprint density at radius 1 is 0.968 bits per heavy atom. The quantitative estimate of drug-likeness (QED) is 0.532. The fourth-order valence-corrected chi connectivity index (χ4v) is 3.54. The van der Waals surface area contributed by atoms with Crippen LogP contribution in [0.25, 0.3) is 10.9 Å². The Labute approximate surface area is 175 Å². The van der Waals surface area contributed by atoms with E-state index >= 15 is 0 Å². The maximum absolute atomic E-state index is 13.1. The summed E-state index contributed by atoms with van der Waals surface area (Å²) in [7, 11) is 0. The van der Waals surface area contributed by atoms with Gasteiger partial charge in [-0.3, -0.25) is 18.7 Å². The minimum atomic E-state index is -0.596. The van der Waals surface area contributed by atoms with Gasteiger partial charge in [-0.1, -0.05) is 12.1 Å². The second kappa shape index (κ2) is 7.52. The van der Waals surface area contributed by atoms with Crippen LogP contribution in [0.5, 0.6) is 11.5 Å². The highest BCUT2D eigenvalue weighted by Gasteiger charge is 2.18. The van der Waals surface area contributed by atoms with Crippen molar-refractivity contribution in [2.45, 2.75) is 13.1 Å². The van der Waals surface area contributed by atoms with Crippen LogP contribution in [0.4, 0.5) is 5.69 Å². The van der Waals surface area contributed by atoms with Crippen molar-refractivity contribution < 1.29 is 18.7 Å². The van der Waals surface area contributed by atoms with E-state index < -0.39 is 17.2 Å². The smallest absolute Gasteiger partial charge is 0.332 e. The number of carbonyl (C=O) groups is 1. The van der Waals surface area contributed by atoms with Gasteiger partial charge in [0.1, 0.15) is 12.3 Å². The fourth-order valence-electron chi connectivity index (χ4n) is 3.54. The van der Waals surface area contributed by atoms with Gasteiger partial charge in [0, 0.05) is 11.8 Å². The molecule has 0 unspecified atom stereocenters. The predicted octanol–water partition coefficient (Wildman–Crippen LogP) is 2.17. The molecule has 0 spiro atoms. The first-order chi connectivity index (χ1) is 15.1. The number of ether oxygens (including phenoxy) is 2. The van der Waals surface area contributed by atoms with E-state index in [9.17, 15) is 14.4 Å². The van der Waals surface area contributed by atoms with Gasteiger partial charge >= 0.3 is 5.69 Å². The number of fused-ring (bicyclic) bond motifs is 2. The van der Waals surface area contributed by atoms with Crippen LogP contribution < -0.4 is 26.0 Å². The average molecular weight is 419 g/mol. The number of carbonyl (C=O) groups excluding carboxylic acids is 1. The zero-order chi connectivity index (χ0) is 21.4. The molecule has 1 aliphatic heterocycles. The minimum absolute atomic E-state index is 0.0285. The third-order valence-corrected chi connectivity index (χ3v) is 4.98. The van der Waals surface area contributed by atoms with Crippen molar-refractivity contribution in [3.63, 3.8) is 0 Å². The number of para-hydroxylation sites is 1. The van der Waals surface area contributed by atoms with Gasteiger partial charge in [-0.25, -0.2) is 4.79 Å². The van der Waals surface area contributed by atoms with Crippen molar-refractivity contribution in [3.8, 4) is 11.5 Å². The topological polar surface area (TPSA) is 105 Å². The first kappa shape index (κ1) is 18.7. The number of amides is 1. The molecule has 1 amide bonds. The SMILES string of the molecule is O=C(Cn1c(=O)n(Cc2ccco2)c(=O)c2ccccc21)Nc1ccc2c(c1)OCO2. The van der Waals surface area contributed by atoms with E-state index in [-0.39, 0.29) is 19.9 Å². The van der Waals surface area contributed by atoms with Gasteiger partial charge in [0.25, 0.3) is 5.56 Å². The van der Waals surface area contributed by atoms with Crippen LogP contribution in [0, 0.1) is 0 Å². The van der Waals surface area contributed by atoms with Gasteiger partial charge in [-0.05, 0) is 36.4 Å². The molecule has 0 aliphatic carbocycles. The third-order valence-electron chi connectivity index (χ3n) is 4.98. The van der Waals surface area contributed by atoms with Crippen LogP contribution in [-0.4, -0.2) is 21.8 Å². The summed E-state index contributed by atoms with van der Waals surface area (Å²) >= 11 is 0. The average Bonchev–Trinajstić information content (AvgIpc) is 3.45. The molecule has 0 atom stereocenters. The van der Waals surface area contributed by atoms with E-state index in [2.05, 4.69) is 5.32 Å². The number of anilines is 1. The summed E-state index contributed by atoms with van der Waals surface area (Å²) in [5.41, 5.74) is -0.144. The maximum Gasteiger partial charge on any atom is 0.332 e. The van der Waals surface area contributed by atoms with E-state index in [0.717, 1.165) is 4.57 Å². The van der Waals surface area contributed by atoms with E-state index in [1.54, 1.807) is 54.6 Å². The molecule has 2 aromatic carbocycles. The lowest BCUT2D eigenvalue weighted by Crippen LogP contribution is -2.42. The lowest BCUT2D eigenvalue weighted by atomic mass is 10.2. The summed E-state index contributed by atoms with van der Waals surface area (Å²) in [6, 6.07) is 15.1. The molecule has 9 heteroatoms. The van der Waals surface area contributed by atoms with E-state index in [0.29, 0.717) is 33.8 Å². The number of nitrogens with one attached hydrogen (secondary N) is 1. The Hall–Kier alpha value is -4.27. The van der Waals surface area contributed by atoms with Crippen LogP contribution in [0.1, 0.15) is 5.76 Å². The van der Waals surface area contributed by atoms with E-state index in [4.69, 9.17) is 13.9 Å². The van der Waals surface area contributed by atoms with Gasteiger partial charge < -0.3 is 19.2 Å². The second-order valence-corrected chi connectivity index (χ2v) is 6.97. The molecule has 9 nitrogen and oxygen atoms in total. The molecular formula is C22H17N3O6. The summed E-state index contributed by atoms with van der Waals surface area (Å²) < 4.78 is 18.2. The van der Waals surface area contributed by atoms with Gasteiger partial charge in [-0.15, -0.1) is 0 Å². The van der Waals surface area contributed by atoms with Crippen molar-refractivity contribution in [3.05, 3.63) is 87.5 Å². The molecule has 1 N–H and O–H groups in total. The van der Waals surface area contributed by atoms with Gasteiger partial charge in [0.2, 0.25) is 12.7 Å². The number of furan rings is 1. The van der Waals surface area contributed by atoms with Crippen molar-refractivity contribution in [2.24, 2.45) is 0 Å². The molecular weight excluding hydrogens is 402 g/mol. The monoisotopic (exact) mass is 419 g/mol. The van der Waals surface area contributed by atoms with Crippen LogP contribution in [0.2, 0.25) is 0 Å². The molecule has 0 radical (unpaired) electrons. The molecule has 31 heavy (non-hydrogen) atoms. The summed E-state index contributed by atoms with van der Waals surface area (Å²) in [6.07, 6.45) is 1.47.